The van der Waals surface area contributed by atoms with Gasteiger partial charge in [0.05, 0.1) is 15.5 Å². The highest BCUT2D eigenvalue weighted by atomic mass is 32.2. The molecular weight excluding hydrogens is 308 g/mol. The van der Waals surface area contributed by atoms with Gasteiger partial charge in [0, 0.05) is 37.0 Å². The van der Waals surface area contributed by atoms with Gasteiger partial charge in [-0.1, -0.05) is 0 Å². The summed E-state index contributed by atoms with van der Waals surface area (Å²) in [6, 6.07) is 4.75. The molecule has 1 aromatic heterocycles. The van der Waals surface area contributed by atoms with E-state index in [4.69, 9.17) is 0 Å². The summed E-state index contributed by atoms with van der Waals surface area (Å²) in [6.07, 6.45) is 0. The summed E-state index contributed by atoms with van der Waals surface area (Å²) in [5.74, 6) is 0. The minimum Gasteiger partial charge on any atom is -0.272 e. The van der Waals surface area contributed by atoms with Crippen molar-refractivity contribution in [3.8, 4) is 0 Å². The van der Waals surface area contributed by atoms with Gasteiger partial charge in [-0.05, 0) is 26.0 Å². The Kier molecular flexibility index (Phi) is 4.29. The SMILES string of the molecule is Cc1nn(C)c(C)c1CNS(=O)(=O)c1ccc([N+](=O)[O-])cc1. The van der Waals surface area contributed by atoms with Gasteiger partial charge in [0.1, 0.15) is 0 Å². The highest BCUT2D eigenvalue weighted by Crippen LogP contribution is 2.17. The summed E-state index contributed by atoms with van der Waals surface area (Å²) >= 11 is 0. The zero-order valence-corrected chi connectivity index (χ0v) is 13.2. The minimum absolute atomic E-state index is 0.0164. The molecule has 2 rings (SSSR count). The lowest BCUT2D eigenvalue weighted by Gasteiger charge is -2.07. The van der Waals surface area contributed by atoms with Crippen LogP contribution in [0.15, 0.2) is 29.2 Å². The molecule has 0 unspecified atom stereocenters. The van der Waals surface area contributed by atoms with E-state index in [0.29, 0.717) is 0 Å². The van der Waals surface area contributed by atoms with Crippen molar-refractivity contribution < 1.29 is 13.3 Å². The van der Waals surface area contributed by atoms with E-state index >= 15 is 0 Å². The van der Waals surface area contributed by atoms with Crippen LogP contribution in [-0.4, -0.2) is 23.1 Å². The first-order valence-electron chi connectivity index (χ1n) is 6.45. The number of benzene rings is 1. The van der Waals surface area contributed by atoms with Crippen LogP contribution in [0.4, 0.5) is 5.69 Å². The number of rotatable bonds is 5. The van der Waals surface area contributed by atoms with E-state index in [2.05, 4.69) is 9.82 Å². The maximum absolute atomic E-state index is 12.2. The second-order valence-corrected chi connectivity index (χ2v) is 6.62. The molecule has 0 fully saturated rings. The first kappa shape index (κ1) is 16.1. The number of aromatic nitrogens is 2. The predicted molar refractivity (Wildman–Crippen MR) is 79.8 cm³/mol. The van der Waals surface area contributed by atoms with Crippen LogP contribution < -0.4 is 4.72 Å². The summed E-state index contributed by atoms with van der Waals surface area (Å²) in [5.41, 5.74) is 2.29. The standard InChI is InChI=1S/C13H16N4O4S/c1-9-13(10(2)16(3)15-9)8-14-22(20,21)12-6-4-11(5-7-12)17(18)19/h4-7,14H,8H2,1-3H3. The second-order valence-electron chi connectivity index (χ2n) is 4.85. The number of nitrogens with one attached hydrogen (secondary N) is 1. The highest BCUT2D eigenvalue weighted by Gasteiger charge is 2.17. The van der Waals surface area contributed by atoms with Gasteiger partial charge in [0.2, 0.25) is 10.0 Å². The Bertz CT molecular complexity index is 809. The fraction of sp³-hybridized carbons (Fsp3) is 0.308. The number of nitro benzene ring substituents is 1. The number of nitro groups is 1. The third-order valence-electron chi connectivity index (χ3n) is 3.46. The van der Waals surface area contributed by atoms with E-state index in [9.17, 15) is 18.5 Å². The lowest BCUT2D eigenvalue weighted by molar-refractivity contribution is -0.384. The quantitative estimate of drug-likeness (QED) is 0.661. The molecule has 1 aromatic carbocycles. The normalized spacial score (nSPS) is 11.6. The van der Waals surface area contributed by atoms with E-state index < -0.39 is 14.9 Å². The average Bonchev–Trinajstić information content (AvgIpc) is 2.70. The van der Waals surface area contributed by atoms with Crippen LogP contribution in [0.1, 0.15) is 17.0 Å². The molecule has 0 saturated carbocycles. The maximum atomic E-state index is 12.2. The fourth-order valence-corrected chi connectivity index (χ4v) is 3.07. The first-order chi connectivity index (χ1) is 10.2. The fourth-order valence-electron chi connectivity index (χ4n) is 2.07. The average molecular weight is 324 g/mol. The van der Waals surface area contributed by atoms with E-state index in [-0.39, 0.29) is 17.1 Å². The second kappa shape index (κ2) is 5.85. The molecule has 0 atom stereocenters. The Balaban J connectivity index is 2.19. The lowest BCUT2D eigenvalue weighted by atomic mass is 10.2. The van der Waals surface area contributed by atoms with Crippen molar-refractivity contribution in [2.24, 2.45) is 7.05 Å². The van der Waals surface area contributed by atoms with Gasteiger partial charge in [-0.3, -0.25) is 14.8 Å². The van der Waals surface area contributed by atoms with Crippen molar-refractivity contribution in [1.29, 1.82) is 0 Å². The summed E-state index contributed by atoms with van der Waals surface area (Å²) in [5, 5.41) is 14.8. The van der Waals surface area contributed by atoms with Crippen LogP contribution in [0.5, 0.6) is 0 Å². The van der Waals surface area contributed by atoms with Gasteiger partial charge in [-0.25, -0.2) is 13.1 Å². The van der Waals surface area contributed by atoms with Gasteiger partial charge in [0.25, 0.3) is 5.69 Å². The summed E-state index contributed by atoms with van der Waals surface area (Å²) in [6.45, 7) is 3.78. The van der Waals surface area contributed by atoms with Gasteiger partial charge in [0.15, 0.2) is 0 Å². The van der Waals surface area contributed by atoms with Crippen molar-refractivity contribution in [2.75, 3.05) is 0 Å². The third kappa shape index (κ3) is 3.15. The first-order valence-corrected chi connectivity index (χ1v) is 7.94. The van der Waals surface area contributed by atoms with Gasteiger partial charge < -0.3 is 0 Å². The molecule has 0 radical (unpaired) electrons. The van der Waals surface area contributed by atoms with E-state index in [1.807, 2.05) is 13.8 Å². The van der Waals surface area contributed by atoms with Crippen LogP contribution in [-0.2, 0) is 23.6 Å². The predicted octanol–water partition coefficient (Wildman–Crippen LogP) is 1.42. The Morgan fingerprint density at radius 2 is 1.86 bits per heavy atom. The monoisotopic (exact) mass is 324 g/mol. The van der Waals surface area contributed by atoms with Crippen LogP contribution in [0.2, 0.25) is 0 Å². The number of aryl methyl sites for hydroxylation is 2. The Morgan fingerprint density at radius 3 is 2.32 bits per heavy atom. The lowest BCUT2D eigenvalue weighted by Crippen LogP contribution is -2.23. The summed E-state index contributed by atoms with van der Waals surface area (Å²) in [4.78, 5) is 9.99. The van der Waals surface area contributed by atoms with Gasteiger partial charge in [-0.15, -0.1) is 0 Å². The molecule has 0 aliphatic rings. The molecule has 1 heterocycles. The molecule has 0 amide bonds. The number of non-ortho nitro benzene ring substituents is 1. The minimum atomic E-state index is -3.73. The van der Waals surface area contributed by atoms with E-state index in [0.717, 1.165) is 29.1 Å². The van der Waals surface area contributed by atoms with Crippen LogP contribution in [0, 0.1) is 24.0 Å². The molecule has 0 aliphatic carbocycles. The topological polar surface area (TPSA) is 107 Å². The largest absolute Gasteiger partial charge is 0.272 e. The maximum Gasteiger partial charge on any atom is 0.269 e. The molecule has 0 spiro atoms. The zero-order chi connectivity index (χ0) is 16.5. The molecule has 0 saturated heterocycles. The molecule has 2 aromatic rings. The summed E-state index contributed by atoms with van der Waals surface area (Å²) < 4.78 is 28.6. The van der Waals surface area contributed by atoms with Crippen LogP contribution in [0.25, 0.3) is 0 Å². The van der Waals surface area contributed by atoms with Crippen LogP contribution >= 0.6 is 0 Å². The van der Waals surface area contributed by atoms with E-state index in [1.54, 1.807) is 11.7 Å². The Labute approximate surface area is 128 Å². The van der Waals surface area contributed by atoms with Gasteiger partial charge >= 0.3 is 0 Å². The van der Waals surface area contributed by atoms with Crippen molar-refractivity contribution in [2.45, 2.75) is 25.3 Å². The van der Waals surface area contributed by atoms with Crippen LogP contribution in [0.3, 0.4) is 0 Å². The molecule has 0 aliphatic heterocycles. The van der Waals surface area contributed by atoms with Crippen molar-refractivity contribution in [3.63, 3.8) is 0 Å². The number of hydrogen-bond acceptors (Lipinski definition) is 5. The highest BCUT2D eigenvalue weighted by molar-refractivity contribution is 7.89. The Morgan fingerprint density at radius 1 is 1.27 bits per heavy atom. The summed E-state index contributed by atoms with van der Waals surface area (Å²) in [7, 11) is -1.95. The number of sulfonamides is 1. The van der Waals surface area contributed by atoms with E-state index in [1.165, 1.54) is 12.1 Å². The Hall–Kier alpha value is -2.26. The molecule has 118 valence electrons. The number of nitrogens with zero attached hydrogens (tertiary/aromatic N) is 3. The zero-order valence-electron chi connectivity index (χ0n) is 12.4. The van der Waals surface area contributed by atoms with Crippen molar-refractivity contribution >= 4 is 15.7 Å². The molecule has 9 heteroatoms. The van der Waals surface area contributed by atoms with Crippen molar-refractivity contribution in [1.82, 2.24) is 14.5 Å². The molecular formula is C13H16N4O4S. The van der Waals surface area contributed by atoms with Gasteiger partial charge in [-0.2, -0.15) is 5.10 Å². The smallest absolute Gasteiger partial charge is 0.269 e. The molecule has 22 heavy (non-hydrogen) atoms. The third-order valence-corrected chi connectivity index (χ3v) is 4.87. The molecule has 0 bridgehead atoms. The van der Waals surface area contributed by atoms with Crippen molar-refractivity contribution in [3.05, 3.63) is 51.3 Å². The molecule has 8 nitrogen and oxygen atoms in total. The number of hydrogen-bond donors (Lipinski definition) is 1. The molecule has 1 N–H and O–H groups in total.